The first-order valence-electron chi connectivity index (χ1n) is 6.68. The predicted octanol–water partition coefficient (Wildman–Crippen LogP) is 4.68. The summed E-state index contributed by atoms with van der Waals surface area (Å²) < 4.78 is 28.0. The van der Waals surface area contributed by atoms with Crippen molar-refractivity contribution in [3.05, 3.63) is 58.1 Å². The van der Waals surface area contributed by atoms with E-state index in [1.807, 2.05) is 19.1 Å². The van der Waals surface area contributed by atoms with Crippen molar-refractivity contribution in [2.75, 3.05) is 4.72 Å². The van der Waals surface area contributed by atoms with Crippen molar-refractivity contribution in [3.63, 3.8) is 0 Å². The third-order valence-electron chi connectivity index (χ3n) is 3.21. The molecule has 2 aromatic carbocycles. The number of benzene rings is 2. The van der Waals surface area contributed by atoms with Gasteiger partial charge in [0.25, 0.3) is 10.0 Å². The summed E-state index contributed by atoms with van der Waals surface area (Å²) in [4.78, 5) is 0.237. The molecule has 0 aliphatic carbocycles. The molecule has 0 bridgehead atoms. The molecule has 1 N–H and O–H groups in total. The Kier molecular flexibility index (Phi) is 4.74. The van der Waals surface area contributed by atoms with Crippen LogP contribution in [0.15, 0.2) is 51.8 Å². The number of rotatable bonds is 4. The van der Waals surface area contributed by atoms with Crippen LogP contribution in [0.4, 0.5) is 5.69 Å². The summed E-state index contributed by atoms with van der Waals surface area (Å²) in [5.74, 6) is 0.418. The number of halogens is 1. The zero-order chi connectivity index (χ0) is 15.6. The molecule has 0 heterocycles. The minimum atomic E-state index is -3.59. The Bertz CT molecular complexity index is 737. The largest absolute Gasteiger partial charge is 0.280 e. The molecule has 21 heavy (non-hydrogen) atoms. The Morgan fingerprint density at radius 2 is 1.67 bits per heavy atom. The second kappa shape index (κ2) is 6.20. The lowest BCUT2D eigenvalue weighted by atomic mass is 10.0. The number of hydrogen-bond acceptors (Lipinski definition) is 2. The van der Waals surface area contributed by atoms with Crippen LogP contribution < -0.4 is 4.72 Å². The standard InChI is InChI=1S/C16H18BrNO2S/c1-11(2)13-5-7-14(8-6-13)18-21(19,20)16-9-4-12(3)10-15(16)17/h4-11,18H,1-3H3. The molecule has 0 amide bonds. The van der Waals surface area contributed by atoms with Crippen LogP contribution in [0.25, 0.3) is 0 Å². The third kappa shape index (κ3) is 3.86. The van der Waals surface area contributed by atoms with E-state index in [0.29, 0.717) is 16.1 Å². The fraction of sp³-hybridized carbons (Fsp3) is 0.250. The summed E-state index contributed by atoms with van der Waals surface area (Å²) in [5.41, 5.74) is 2.74. The van der Waals surface area contributed by atoms with Gasteiger partial charge in [0.2, 0.25) is 0 Å². The summed E-state index contributed by atoms with van der Waals surface area (Å²) in [6, 6.07) is 12.6. The summed E-state index contributed by atoms with van der Waals surface area (Å²) in [6.45, 7) is 6.12. The molecular weight excluding hydrogens is 350 g/mol. The van der Waals surface area contributed by atoms with Crippen LogP contribution in [0.5, 0.6) is 0 Å². The lowest BCUT2D eigenvalue weighted by Gasteiger charge is -2.11. The maximum Gasteiger partial charge on any atom is 0.263 e. The molecule has 0 aromatic heterocycles. The molecule has 0 fully saturated rings. The van der Waals surface area contributed by atoms with Gasteiger partial charge in [-0.15, -0.1) is 0 Å². The van der Waals surface area contributed by atoms with Gasteiger partial charge in [0.05, 0.1) is 0 Å². The zero-order valence-corrected chi connectivity index (χ0v) is 14.6. The van der Waals surface area contributed by atoms with Crippen LogP contribution in [0.3, 0.4) is 0 Å². The van der Waals surface area contributed by atoms with Crippen LogP contribution in [-0.2, 0) is 10.0 Å². The Balaban J connectivity index is 2.28. The zero-order valence-electron chi connectivity index (χ0n) is 12.2. The second-order valence-corrected chi connectivity index (χ2v) is 7.82. The van der Waals surface area contributed by atoms with Crippen molar-refractivity contribution in [1.29, 1.82) is 0 Å². The maximum absolute atomic E-state index is 12.4. The SMILES string of the molecule is Cc1ccc(S(=O)(=O)Nc2ccc(C(C)C)cc2)c(Br)c1. The van der Waals surface area contributed by atoms with E-state index < -0.39 is 10.0 Å². The van der Waals surface area contributed by atoms with Crippen molar-refractivity contribution in [1.82, 2.24) is 0 Å². The third-order valence-corrected chi connectivity index (χ3v) is 5.56. The molecule has 2 rings (SSSR count). The van der Waals surface area contributed by atoms with Gasteiger partial charge in [-0.2, -0.15) is 0 Å². The number of sulfonamides is 1. The van der Waals surface area contributed by atoms with Gasteiger partial charge < -0.3 is 0 Å². The Morgan fingerprint density at radius 1 is 1.05 bits per heavy atom. The highest BCUT2D eigenvalue weighted by Crippen LogP contribution is 2.26. The van der Waals surface area contributed by atoms with Gasteiger partial charge in [0.15, 0.2) is 0 Å². The van der Waals surface area contributed by atoms with E-state index in [9.17, 15) is 8.42 Å². The average molecular weight is 368 g/mol. The monoisotopic (exact) mass is 367 g/mol. The van der Waals surface area contributed by atoms with E-state index in [0.717, 1.165) is 5.56 Å². The van der Waals surface area contributed by atoms with Crippen molar-refractivity contribution in [2.45, 2.75) is 31.6 Å². The Labute approximate surface area is 134 Å². The van der Waals surface area contributed by atoms with Crippen molar-refractivity contribution in [2.24, 2.45) is 0 Å². The number of nitrogens with one attached hydrogen (secondary N) is 1. The number of anilines is 1. The fourth-order valence-electron chi connectivity index (χ4n) is 1.97. The minimum absolute atomic E-state index is 0.237. The van der Waals surface area contributed by atoms with Crippen molar-refractivity contribution >= 4 is 31.6 Å². The predicted molar refractivity (Wildman–Crippen MR) is 90.2 cm³/mol. The topological polar surface area (TPSA) is 46.2 Å². The van der Waals surface area contributed by atoms with Gasteiger partial charge >= 0.3 is 0 Å². The van der Waals surface area contributed by atoms with E-state index in [2.05, 4.69) is 34.5 Å². The van der Waals surface area contributed by atoms with Crippen molar-refractivity contribution < 1.29 is 8.42 Å². The van der Waals surface area contributed by atoms with Gasteiger partial charge in [-0.05, 0) is 64.2 Å². The van der Waals surface area contributed by atoms with Gasteiger partial charge in [-0.3, -0.25) is 4.72 Å². The molecule has 0 radical (unpaired) electrons. The molecule has 3 nitrogen and oxygen atoms in total. The number of hydrogen-bond donors (Lipinski definition) is 1. The molecule has 0 spiro atoms. The molecule has 5 heteroatoms. The summed E-state index contributed by atoms with van der Waals surface area (Å²) in [5, 5.41) is 0. The molecule has 112 valence electrons. The molecule has 0 atom stereocenters. The van der Waals surface area contributed by atoms with Gasteiger partial charge in [0.1, 0.15) is 4.90 Å². The lowest BCUT2D eigenvalue weighted by molar-refractivity contribution is 0.600. The summed E-state index contributed by atoms with van der Waals surface area (Å²) in [6.07, 6.45) is 0. The van der Waals surface area contributed by atoms with Crippen molar-refractivity contribution in [3.8, 4) is 0 Å². The molecular formula is C16H18BrNO2S. The van der Waals surface area contributed by atoms with Crippen LogP contribution in [0.1, 0.15) is 30.9 Å². The normalized spacial score (nSPS) is 11.7. The van der Waals surface area contributed by atoms with E-state index in [1.165, 1.54) is 5.56 Å². The lowest BCUT2D eigenvalue weighted by Crippen LogP contribution is -2.13. The van der Waals surface area contributed by atoms with Crippen LogP contribution in [-0.4, -0.2) is 8.42 Å². The maximum atomic E-state index is 12.4. The van der Waals surface area contributed by atoms with Gasteiger partial charge in [-0.1, -0.05) is 32.0 Å². The highest BCUT2D eigenvalue weighted by atomic mass is 79.9. The first kappa shape index (κ1) is 16.0. The smallest absolute Gasteiger partial charge is 0.263 e. The first-order chi connectivity index (χ1) is 9.79. The van der Waals surface area contributed by atoms with E-state index in [4.69, 9.17) is 0 Å². The second-order valence-electron chi connectivity index (χ2n) is 5.32. The molecule has 0 aliphatic rings. The fourth-order valence-corrected chi connectivity index (χ4v) is 4.22. The molecule has 0 unspecified atom stereocenters. The summed E-state index contributed by atoms with van der Waals surface area (Å²) in [7, 11) is -3.59. The molecule has 0 saturated heterocycles. The van der Waals surface area contributed by atoms with Gasteiger partial charge in [0, 0.05) is 10.2 Å². The van der Waals surface area contributed by atoms with E-state index in [-0.39, 0.29) is 4.90 Å². The molecule has 0 saturated carbocycles. The van der Waals surface area contributed by atoms with Crippen LogP contribution >= 0.6 is 15.9 Å². The van der Waals surface area contributed by atoms with E-state index in [1.54, 1.807) is 30.3 Å². The Hall–Kier alpha value is -1.33. The van der Waals surface area contributed by atoms with Crippen LogP contribution in [0.2, 0.25) is 0 Å². The van der Waals surface area contributed by atoms with Gasteiger partial charge in [-0.25, -0.2) is 8.42 Å². The molecule has 2 aromatic rings. The highest BCUT2D eigenvalue weighted by Gasteiger charge is 2.17. The summed E-state index contributed by atoms with van der Waals surface area (Å²) >= 11 is 3.31. The highest BCUT2D eigenvalue weighted by molar-refractivity contribution is 9.10. The quantitative estimate of drug-likeness (QED) is 0.852. The number of aryl methyl sites for hydroxylation is 1. The van der Waals surface area contributed by atoms with E-state index >= 15 is 0 Å². The molecule has 0 aliphatic heterocycles. The Morgan fingerprint density at radius 3 is 2.19 bits per heavy atom. The first-order valence-corrected chi connectivity index (χ1v) is 8.96. The minimum Gasteiger partial charge on any atom is -0.280 e. The average Bonchev–Trinajstić information content (AvgIpc) is 2.38. The van der Waals surface area contributed by atoms with Crippen LogP contribution in [0, 0.1) is 6.92 Å².